The standard InChI is InChI=1S/C45H91N2O6P/c1-6-8-10-12-14-16-18-20-22-23-25-27-29-31-33-35-37-39-45(49)46-43(42-53-54(50,51)52-41-40-47(3,4)5)44(48)38-36-34-32-30-28-26-24-21-19-17-15-13-11-9-7-2/h28,30,43-44,48H,6-27,29,31-42H2,1-5H3,(H-,46,49,50,51)/p+1/b30-28+/t43-,44+/m0/s1. The molecule has 1 unspecified atom stereocenters. The molecule has 0 saturated heterocycles. The number of carbonyl (C=O) groups excluding carboxylic acids is 1. The van der Waals surface area contributed by atoms with E-state index < -0.39 is 20.0 Å². The van der Waals surface area contributed by atoms with Gasteiger partial charge in [0.05, 0.1) is 39.9 Å². The third kappa shape index (κ3) is 39.5. The maximum absolute atomic E-state index is 12.9. The minimum atomic E-state index is -4.32. The van der Waals surface area contributed by atoms with Crippen molar-refractivity contribution in [2.75, 3.05) is 40.9 Å². The Hall–Kier alpha value is -0.760. The van der Waals surface area contributed by atoms with E-state index in [0.29, 0.717) is 23.9 Å². The summed E-state index contributed by atoms with van der Waals surface area (Å²) in [6.45, 7) is 4.88. The number of aliphatic hydroxyl groups is 1. The zero-order chi connectivity index (χ0) is 40.0. The molecule has 0 rings (SSSR count). The van der Waals surface area contributed by atoms with Crippen LogP contribution in [-0.2, 0) is 18.4 Å². The summed E-state index contributed by atoms with van der Waals surface area (Å²) in [7, 11) is 1.61. The van der Waals surface area contributed by atoms with Crippen molar-refractivity contribution in [3.63, 3.8) is 0 Å². The number of hydrogen-bond acceptors (Lipinski definition) is 5. The maximum Gasteiger partial charge on any atom is 0.472 e. The van der Waals surface area contributed by atoms with Crippen molar-refractivity contribution in [3.05, 3.63) is 12.2 Å². The number of nitrogens with zero attached hydrogens (tertiary/aromatic N) is 1. The molecule has 0 aliphatic heterocycles. The Morgan fingerprint density at radius 2 is 1.00 bits per heavy atom. The van der Waals surface area contributed by atoms with Crippen molar-refractivity contribution in [2.24, 2.45) is 0 Å². The Morgan fingerprint density at radius 1 is 0.611 bits per heavy atom. The Balaban J connectivity index is 4.35. The van der Waals surface area contributed by atoms with Crippen LogP contribution in [0.2, 0.25) is 0 Å². The molecule has 3 atom stereocenters. The molecule has 3 N–H and O–H groups in total. The zero-order valence-electron chi connectivity index (χ0n) is 36.5. The molecular formula is C45H92N2O6P+. The average molecular weight is 788 g/mol. The van der Waals surface area contributed by atoms with Crippen molar-refractivity contribution < 1.29 is 32.9 Å². The Kier molecular flexibility index (Phi) is 37.3. The highest BCUT2D eigenvalue weighted by Crippen LogP contribution is 2.43. The molecule has 0 heterocycles. The van der Waals surface area contributed by atoms with Crippen LogP contribution in [-0.4, -0.2) is 73.4 Å². The number of amides is 1. The fourth-order valence-corrected chi connectivity index (χ4v) is 7.54. The lowest BCUT2D eigenvalue weighted by atomic mass is 10.0. The van der Waals surface area contributed by atoms with E-state index in [1.807, 2.05) is 21.1 Å². The fourth-order valence-electron chi connectivity index (χ4n) is 6.81. The predicted octanol–water partition coefficient (Wildman–Crippen LogP) is 12.8. The lowest BCUT2D eigenvalue weighted by molar-refractivity contribution is -0.870. The molecule has 1 amide bonds. The van der Waals surface area contributed by atoms with Crippen LogP contribution in [0.1, 0.15) is 219 Å². The van der Waals surface area contributed by atoms with Gasteiger partial charge in [0, 0.05) is 6.42 Å². The van der Waals surface area contributed by atoms with Gasteiger partial charge in [-0.2, -0.15) is 0 Å². The van der Waals surface area contributed by atoms with Crippen molar-refractivity contribution in [2.45, 2.75) is 231 Å². The molecule has 0 aromatic rings. The number of unbranched alkanes of at least 4 members (excludes halogenated alkanes) is 27. The minimum absolute atomic E-state index is 0.0722. The smallest absolute Gasteiger partial charge is 0.391 e. The van der Waals surface area contributed by atoms with Crippen LogP contribution < -0.4 is 5.32 Å². The summed E-state index contributed by atoms with van der Waals surface area (Å²) in [6, 6.07) is -0.770. The number of quaternary nitrogens is 1. The summed E-state index contributed by atoms with van der Waals surface area (Å²) in [5, 5.41) is 13.9. The third-order valence-corrected chi connectivity index (χ3v) is 11.5. The van der Waals surface area contributed by atoms with Gasteiger partial charge in [-0.15, -0.1) is 0 Å². The first-order chi connectivity index (χ1) is 26.0. The number of rotatable bonds is 42. The lowest BCUT2D eigenvalue weighted by Gasteiger charge is -2.26. The minimum Gasteiger partial charge on any atom is -0.391 e. The first-order valence-corrected chi connectivity index (χ1v) is 24.5. The van der Waals surface area contributed by atoms with E-state index in [4.69, 9.17) is 9.05 Å². The van der Waals surface area contributed by atoms with Crippen LogP contribution in [0, 0.1) is 0 Å². The lowest BCUT2D eigenvalue weighted by Crippen LogP contribution is -2.46. The van der Waals surface area contributed by atoms with E-state index in [-0.39, 0.29) is 19.1 Å². The third-order valence-electron chi connectivity index (χ3n) is 10.5. The average Bonchev–Trinajstić information content (AvgIpc) is 3.12. The van der Waals surface area contributed by atoms with E-state index in [1.165, 1.54) is 148 Å². The van der Waals surface area contributed by atoms with Gasteiger partial charge in [0.2, 0.25) is 5.91 Å². The first kappa shape index (κ1) is 53.2. The van der Waals surface area contributed by atoms with Gasteiger partial charge in [-0.3, -0.25) is 13.8 Å². The monoisotopic (exact) mass is 788 g/mol. The molecule has 0 aromatic heterocycles. The van der Waals surface area contributed by atoms with Crippen LogP contribution in [0.15, 0.2) is 12.2 Å². The molecule has 0 bridgehead atoms. The SMILES string of the molecule is CCCCCCCCCCC/C=C/CCCC[C@@H](O)[C@H](COP(=O)(O)OCC[N+](C)(C)C)NC(=O)CCCCCCCCCCCCCCCCCCC. The Labute approximate surface area is 335 Å². The van der Waals surface area contributed by atoms with Crippen molar-refractivity contribution in [3.8, 4) is 0 Å². The fraction of sp³-hybridized carbons (Fsp3) is 0.933. The van der Waals surface area contributed by atoms with Gasteiger partial charge in [0.15, 0.2) is 0 Å². The molecule has 322 valence electrons. The largest absolute Gasteiger partial charge is 0.472 e. The maximum atomic E-state index is 12.9. The van der Waals surface area contributed by atoms with Crippen molar-refractivity contribution >= 4 is 13.7 Å². The first-order valence-electron chi connectivity index (χ1n) is 23.1. The second kappa shape index (κ2) is 37.8. The van der Waals surface area contributed by atoms with Gasteiger partial charge in [-0.1, -0.05) is 187 Å². The van der Waals surface area contributed by atoms with Crippen LogP contribution in [0.3, 0.4) is 0 Å². The number of allylic oxidation sites excluding steroid dienone is 2. The number of hydrogen-bond donors (Lipinski definition) is 3. The summed E-state index contributed by atoms with van der Waals surface area (Å²) in [4.78, 5) is 23.1. The quantitative estimate of drug-likeness (QED) is 0.0246. The Bertz CT molecular complexity index is 896. The molecule has 0 fully saturated rings. The van der Waals surface area contributed by atoms with Gasteiger partial charge in [-0.25, -0.2) is 4.57 Å². The van der Waals surface area contributed by atoms with Gasteiger partial charge >= 0.3 is 7.82 Å². The van der Waals surface area contributed by atoms with E-state index in [9.17, 15) is 19.4 Å². The highest BCUT2D eigenvalue weighted by molar-refractivity contribution is 7.47. The summed E-state index contributed by atoms with van der Waals surface area (Å²) in [6.07, 6.45) is 42.4. The normalized spacial score (nSPS) is 14.4. The van der Waals surface area contributed by atoms with E-state index >= 15 is 0 Å². The number of aliphatic hydroxyl groups excluding tert-OH is 1. The van der Waals surface area contributed by atoms with Gasteiger partial charge in [0.1, 0.15) is 13.2 Å². The van der Waals surface area contributed by atoms with E-state index in [0.717, 1.165) is 44.9 Å². The summed E-state index contributed by atoms with van der Waals surface area (Å²) in [5.74, 6) is -0.151. The van der Waals surface area contributed by atoms with E-state index in [1.54, 1.807) is 0 Å². The molecule has 0 aromatic carbocycles. The summed E-state index contributed by atoms with van der Waals surface area (Å²) >= 11 is 0. The van der Waals surface area contributed by atoms with Crippen LogP contribution in [0.5, 0.6) is 0 Å². The van der Waals surface area contributed by atoms with Crippen LogP contribution >= 0.6 is 7.82 Å². The van der Waals surface area contributed by atoms with Crippen molar-refractivity contribution in [1.82, 2.24) is 5.32 Å². The molecular weight excluding hydrogens is 695 g/mol. The van der Waals surface area contributed by atoms with Gasteiger partial charge in [0.25, 0.3) is 0 Å². The number of likely N-dealkylation sites (N-methyl/N-ethyl adjacent to an activating group) is 1. The van der Waals surface area contributed by atoms with E-state index in [2.05, 4.69) is 31.3 Å². The molecule has 0 radical (unpaired) electrons. The second-order valence-corrected chi connectivity index (χ2v) is 18.6. The summed E-state index contributed by atoms with van der Waals surface area (Å²) in [5.41, 5.74) is 0. The number of phosphoric acid groups is 1. The number of nitrogens with one attached hydrogen (secondary N) is 1. The topological polar surface area (TPSA) is 105 Å². The highest BCUT2D eigenvalue weighted by atomic mass is 31.2. The van der Waals surface area contributed by atoms with Gasteiger partial charge in [-0.05, 0) is 38.5 Å². The molecule has 0 spiro atoms. The van der Waals surface area contributed by atoms with Gasteiger partial charge < -0.3 is 19.8 Å². The van der Waals surface area contributed by atoms with Crippen molar-refractivity contribution in [1.29, 1.82) is 0 Å². The predicted molar refractivity (Wildman–Crippen MR) is 231 cm³/mol. The molecule has 0 aliphatic rings. The van der Waals surface area contributed by atoms with Crippen LogP contribution in [0.4, 0.5) is 0 Å². The molecule has 0 saturated carbocycles. The summed E-state index contributed by atoms with van der Waals surface area (Å²) < 4.78 is 23.6. The molecule has 0 aliphatic carbocycles. The Morgan fingerprint density at radius 3 is 1.43 bits per heavy atom. The number of phosphoric ester groups is 1. The highest BCUT2D eigenvalue weighted by Gasteiger charge is 2.28. The second-order valence-electron chi connectivity index (χ2n) is 17.1. The molecule has 8 nitrogen and oxygen atoms in total. The zero-order valence-corrected chi connectivity index (χ0v) is 37.4. The number of carbonyl (C=O) groups is 1. The van der Waals surface area contributed by atoms with Crippen LogP contribution in [0.25, 0.3) is 0 Å². The molecule has 54 heavy (non-hydrogen) atoms. The molecule has 9 heteroatoms.